The molecule has 0 saturated carbocycles. The molecule has 3 heterocycles. The van der Waals surface area contributed by atoms with Gasteiger partial charge < -0.3 is 10.2 Å². The molecule has 168 valence electrons. The van der Waals surface area contributed by atoms with Crippen molar-refractivity contribution in [1.82, 2.24) is 25.3 Å². The first-order valence-corrected chi connectivity index (χ1v) is 11.7. The van der Waals surface area contributed by atoms with Crippen molar-refractivity contribution in [1.29, 1.82) is 0 Å². The summed E-state index contributed by atoms with van der Waals surface area (Å²) in [6, 6.07) is 16.4. The van der Waals surface area contributed by atoms with E-state index in [4.69, 9.17) is 0 Å². The first-order chi connectivity index (χ1) is 16.1. The zero-order chi connectivity index (χ0) is 22.8. The molecule has 9 heteroatoms. The van der Waals surface area contributed by atoms with Crippen LogP contribution >= 0.6 is 11.3 Å². The van der Waals surface area contributed by atoms with Gasteiger partial charge >= 0.3 is 6.03 Å². The van der Waals surface area contributed by atoms with Crippen LogP contribution in [0.1, 0.15) is 21.7 Å². The highest BCUT2D eigenvalue weighted by atomic mass is 32.1. The Balaban J connectivity index is 1.27. The van der Waals surface area contributed by atoms with Crippen molar-refractivity contribution in [3.8, 4) is 5.69 Å². The quantitative estimate of drug-likeness (QED) is 0.493. The predicted molar refractivity (Wildman–Crippen MR) is 130 cm³/mol. The maximum Gasteiger partial charge on any atom is 0.321 e. The highest BCUT2D eigenvalue weighted by Gasteiger charge is 2.21. The topological polar surface area (TPSA) is 79.2 Å². The van der Waals surface area contributed by atoms with Gasteiger partial charge in [0.05, 0.1) is 5.69 Å². The van der Waals surface area contributed by atoms with Crippen LogP contribution in [-0.4, -0.2) is 46.6 Å². The lowest BCUT2D eigenvalue weighted by Gasteiger charge is -2.29. The van der Waals surface area contributed by atoms with Crippen LogP contribution in [-0.2, 0) is 19.4 Å². The molecule has 0 spiro atoms. The minimum absolute atomic E-state index is 0.131. The van der Waals surface area contributed by atoms with Gasteiger partial charge in [0, 0.05) is 51.7 Å². The lowest BCUT2D eigenvalue weighted by atomic mass is 9.99. The van der Waals surface area contributed by atoms with Gasteiger partial charge in [-0.05, 0) is 53.4 Å². The van der Waals surface area contributed by atoms with Gasteiger partial charge in [0.15, 0.2) is 0 Å². The second kappa shape index (κ2) is 9.03. The van der Waals surface area contributed by atoms with Crippen molar-refractivity contribution >= 4 is 28.2 Å². The van der Waals surface area contributed by atoms with Crippen LogP contribution in [0.3, 0.4) is 0 Å². The Morgan fingerprint density at radius 3 is 2.76 bits per heavy atom. The minimum Gasteiger partial charge on any atom is -0.342 e. The van der Waals surface area contributed by atoms with E-state index in [9.17, 15) is 4.79 Å². The van der Waals surface area contributed by atoms with Gasteiger partial charge in [-0.25, -0.2) is 9.48 Å². The molecule has 0 bridgehead atoms. The number of nitrogens with zero attached hydrogens (tertiary/aromatic N) is 6. The molecule has 2 amide bonds. The van der Waals surface area contributed by atoms with Crippen LogP contribution in [0.15, 0.2) is 60.9 Å². The van der Waals surface area contributed by atoms with Crippen LogP contribution in [0, 0.1) is 0 Å². The average Bonchev–Trinajstić information content (AvgIpc) is 3.56. The molecule has 0 atom stereocenters. The number of aromatic nitrogens is 4. The second-order valence-electron chi connectivity index (χ2n) is 8.01. The molecule has 0 unspecified atom stereocenters. The Morgan fingerprint density at radius 2 is 2.00 bits per heavy atom. The number of carbonyl (C=O) groups excluding carboxylic acids is 1. The van der Waals surface area contributed by atoms with Crippen LogP contribution in [0.4, 0.5) is 15.6 Å². The fraction of sp³-hybridized carbons (Fsp3) is 0.250. The van der Waals surface area contributed by atoms with Crippen molar-refractivity contribution in [2.45, 2.75) is 19.4 Å². The van der Waals surface area contributed by atoms with Gasteiger partial charge in [0.1, 0.15) is 5.01 Å². The lowest BCUT2D eigenvalue weighted by molar-refractivity contribution is 0.249. The summed E-state index contributed by atoms with van der Waals surface area (Å²) in [4.78, 5) is 15.9. The number of carbonyl (C=O) groups is 1. The van der Waals surface area contributed by atoms with Gasteiger partial charge in [-0.1, -0.05) is 29.5 Å². The summed E-state index contributed by atoms with van der Waals surface area (Å²) in [5.74, 6) is 0. The Hall–Kier alpha value is -3.72. The van der Waals surface area contributed by atoms with Gasteiger partial charge in [0.25, 0.3) is 0 Å². The van der Waals surface area contributed by atoms with Gasteiger partial charge in [-0.3, -0.25) is 4.90 Å². The third-order valence-electron chi connectivity index (χ3n) is 5.90. The maximum atomic E-state index is 12.0. The van der Waals surface area contributed by atoms with E-state index in [1.807, 2.05) is 23.0 Å². The van der Waals surface area contributed by atoms with Crippen LogP contribution < -0.4 is 15.1 Å². The fourth-order valence-electron chi connectivity index (χ4n) is 4.01. The number of fused-ring (bicyclic) bond motifs is 1. The van der Waals surface area contributed by atoms with E-state index in [1.54, 1.807) is 36.5 Å². The van der Waals surface area contributed by atoms with Crippen molar-refractivity contribution in [3.63, 3.8) is 0 Å². The number of urea groups is 1. The van der Waals surface area contributed by atoms with E-state index in [2.05, 4.69) is 61.9 Å². The van der Waals surface area contributed by atoms with Crippen LogP contribution in [0.5, 0.6) is 0 Å². The molecule has 1 N–H and O–H groups in total. The minimum atomic E-state index is -0.131. The molecule has 1 aliphatic heterocycles. The number of benzene rings is 2. The van der Waals surface area contributed by atoms with Crippen molar-refractivity contribution < 1.29 is 4.79 Å². The highest BCUT2D eigenvalue weighted by Crippen LogP contribution is 2.30. The van der Waals surface area contributed by atoms with E-state index in [0.29, 0.717) is 0 Å². The number of rotatable bonds is 5. The van der Waals surface area contributed by atoms with Crippen molar-refractivity contribution in [2.75, 3.05) is 30.4 Å². The molecule has 1 aliphatic rings. The molecular formula is C24H25N7OS. The summed E-state index contributed by atoms with van der Waals surface area (Å²) in [6.45, 7) is 1.67. The van der Waals surface area contributed by atoms with Gasteiger partial charge in [-0.15, -0.1) is 10.2 Å². The van der Waals surface area contributed by atoms with E-state index in [0.717, 1.165) is 47.4 Å². The third-order valence-corrected chi connectivity index (χ3v) is 6.88. The largest absolute Gasteiger partial charge is 0.342 e. The molecule has 5 rings (SSSR count). The summed E-state index contributed by atoms with van der Waals surface area (Å²) < 4.78 is 1.85. The standard InChI is InChI=1S/C24H25N7OS/c1-25-23(32)29(2)21-9-6-18-10-13-30(16-19(18)15-21)24-28-27-22(33-24)14-17-4-7-20(8-5-17)31-12-3-11-26-31/h3-9,11-12,15H,10,13-14,16H2,1-2H3,(H,25,32). The molecule has 2 aromatic carbocycles. The summed E-state index contributed by atoms with van der Waals surface area (Å²) >= 11 is 1.64. The number of amides is 2. The zero-order valence-electron chi connectivity index (χ0n) is 18.6. The van der Waals surface area contributed by atoms with Gasteiger partial charge in [0.2, 0.25) is 5.13 Å². The fourth-order valence-corrected chi connectivity index (χ4v) is 4.90. The van der Waals surface area contributed by atoms with Crippen molar-refractivity contribution in [2.24, 2.45) is 0 Å². The lowest BCUT2D eigenvalue weighted by Crippen LogP contribution is -2.35. The SMILES string of the molecule is CNC(=O)N(C)c1ccc2c(c1)CN(c1nnc(Cc3ccc(-n4cccn4)cc3)s1)CC2. The Kier molecular flexibility index (Phi) is 5.78. The average molecular weight is 460 g/mol. The summed E-state index contributed by atoms with van der Waals surface area (Å²) in [5, 5.41) is 17.8. The molecule has 8 nitrogen and oxygen atoms in total. The normalized spacial score (nSPS) is 13.0. The van der Waals surface area contributed by atoms with E-state index >= 15 is 0 Å². The summed E-state index contributed by atoms with van der Waals surface area (Å²) in [6.07, 6.45) is 5.41. The first-order valence-electron chi connectivity index (χ1n) is 10.8. The summed E-state index contributed by atoms with van der Waals surface area (Å²) in [7, 11) is 3.42. The van der Waals surface area contributed by atoms with Crippen LogP contribution in [0.2, 0.25) is 0 Å². The molecule has 0 aliphatic carbocycles. The highest BCUT2D eigenvalue weighted by molar-refractivity contribution is 7.15. The smallest absolute Gasteiger partial charge is 0.321 e. The molecule has 33 heavy (non-hydrogen) atoms. The monoisotopic (exact) mass is 459 g/mol. The first kappa shape index (κ1) is 21.1. The van der Waals surface area contributed by atoms with E-state index < -0.39 is 0 Å². The maximum absolute atomic E-state index is 12.0. The number of anilines is 2. The Labute approximate surface area is 196 Å². The van der Waals surface area contributed by atoms with E-state index in [-0.39, 0.29) is 6.03 Å². The van der Waals surface area contributed by atoms with Gasteiger partial charge in [-0.2, -0.15) is 5.10 Å². The molecule has 0 fully saturated rings. The zero-order valence-corrected chi connectivity index (χ0v) is 19.4. The Morgan fingerprint density at radius 1 is 1.15 bits per heavy atom. The molecule has 0 radical (unpaired) electrons. The second-order valence-corrected chi connectivity index (χ2v) is 9.05. The number of hydrogen-bond acceptors (Lipinski definition) is 6. The molecule has 2 aromatic heterocycles. The Bertz CT molecular complexity index is 1250. The van der Waals surface area contributed by atoms with E-state index in [1.165, 1.54) is 16.7 Å². The third kappa shape index (κ3) is 4.45. The summed E-state index contributed by atoms with van der Waals surface area (Å²) in [5.41, 5.74) is 5.66. The van der Waals surface area contributed by atoms with Crippen LogP contribution in [0.25, 0.3) is 5.69 Å². The molecular weight excluding hydrogens is 434 g/mol. The molecule has 0 saturated heterocycles. The number of hydrogen-bond donors (Lipinski definition) is 1. The molecule has 4 aromatic rings. The van der Waals surface area contributed by atoms with Crippen molar-refractivity contribution in [3.05, 3.63) is 82.6 Å². The predicted octanol–water partition coefficient (Wildman–Crippen LogP) is 3.65. The number of nitrogens with one attached hydrogen (secondary N) is 1.